The number of anilines is 2. The first-order valence-electron chi connectivity index (χ1n) is 9.98. The number of aryl methyl sites for hydroxylation is 1. The zero-order valence-electron chi connectivity index (χ0n) is 16.6. The van der Waals surface area contributed by atoms with E-state index in [9.17, 15) is 0 Å². The molecule has 2 saturated heterocycles. The van der Waals surface area contributed by atoms with Gasteiger partial charge < -0.3 is 9.80 Å². The zero-order valence-corrected chi connectivity index (χ0v) is 16.6. The average molecular weight is 375 g/mol. The normalized spacial score (nSPS) is 21.7. The van der Waals surface area contributed by atoms with Gasteiger partial charge in [0.05, 0.1) is 11.7 Å². The Morgan fingerprint density at radius 2 is 1.75 bits per heavy atom. The van der Waals surface area contributed by atoms with Gasteiger partial charge in [0.15, 0.2) is 0 Å². The van der Waals surface area contributed by atoms with E-state index >= 15 is 0 Å². The molecule has 3 aromatic rings. The van der Waals surface area contributed by atoms with Crippen LogP contribution in [0.25, 0.3) is 10.9 Å². The van der Waals surface area contributed by atoms with E-state index in [1.165, 1.54) is 0 Å². The summed E-state index contributed by atoms with van der Waals surface area (Å²) in [6.45, 7) is 10.4. The third-order valence-electron chi connectivity index (χ3n) is 5.97. The Kier molecular flexibility index (Phi) is 4.10. The molecule has 2 atom stereocenters. The smallest absolute Gasteiger partial charge is 0.140 e. The third-order valence-corrected chi connectivity index (χ3v) is 5.97. The molecule has 144 valence electrons. The Labute approximate surface area is 164 Å². The average Bonchev–Trinajstić information content (AvgIpc) is 3.26. The van der Waals surface area contributed by atoms with Crippen molar-refractivity contribution in [2.45, 2.75) is 26.7 Å². The lowest BCUT2D eigenvalue weighted by Crippen LogP contribution is -2.30. The van der Waals surface area contributed by atoms with Gasteiger partial charge in [0, 0.05) is 61.4 Å². The van der Waals surface area contributed by atoms with Crippen LogP contribution >= 0.6 is 0 Å². The summed E-state index contributed by atoms with van der Waals surface area (Å²) in [5, 5.41) is 1.09. The highest BCUT2D eigenvalue weighted by molar-refractivity contribution is 5.89. The number of hydrogen-bond acceptors (Lipinski definition) is 7. The van der Waals surface area contributed by atoms with Gasteiger partial charge >= 0.3 is 0 Å². The molecule has 3 aromatic heterocycles. The second kappa shape index (κ2) is 6.65. The molecule has 0 amide bonds. The molecule has 5 heterocycles. The molecule has 0 radical (unpaired) electrons. The summed E-state index contributed by atoms with van der Waals surface area (Å²) >= 11 is 0. The number of fused-ring (bicyclic) bond motifs is 2. The van der Waals surface area contributed by atoms with E-state index in [2.05, 4.69) is 49.6 Å². The summed E-state index contributed by atoms with van der Waals surface area (Å²) in [6, 6.07) is 4.18. The topological polar surface area (TPSA) is 70.9 Å². The van der Waals surface area contributed by atoms with Gasteiger partial charge in [-0.15, -0.1) is 0 Å². The van der Waals surface area contributed by atoms with E-state index in [-0.39, 0.29) is 0 Å². The van der Waals surface area contributed by atoms with Crippen molar-refractivity contribution in [1.29, 1.82) is 0 Å². The molecule has 2 unspecified atom stereocenters. The molecule has 2 aliphatic heterocycles. The molecule has 0 aromatic carbocycles. The first-order valence-corrected chi connectivity index (χ1v) is 9.98. The van der Waals surface area contributed by atoms with Crippen molar-refractivity contribution in [2.24, 2.45) is 11.8 Å². The molecule has 0 saturated carbocycles. The molecule has 0 spiro atoms. The Morgan fingerprint density at radius 1 is 1.00 bits per heavy atom. The molecule has 5 rings (SSSR count). The largest absolute Gasteiger partial charge is 0.356 e. The minimum absolute atomic E-state index is 0.420. The van der Waals surface area contributed by atoms with Crippen LogP contribution in [0.3, 0.4) is 0 Å². The van der Waals surface area contributed by atoms with Crippen LogP contribution in [0.4, 0.5) is 11.6 Å². The summed E-state index contributed by atoms with van der Waals surface area (Å²) in [5.41, 5.74) is 2.03. The van der Waals surface area contributed by atoms with E-state index in [0.29, 0.717) is 17.8 Å². The summed E-state index contributed by atoms with van der Waals surface area (Å²) in [7, 11) is 0. The number of hydrogen-bond donors (Lipinski definition) is 0. The summed E-state index contributed by atoms with van der Waals surface area (Å²) in [5.74, 6) is 4.60. The van der Waals surface area contributed by atoms with Crippen LogP contribution in [0.5, 0.6) is 0 Å². The van der Waals surface area contributed by atoms with Crippen molar-refractivity contribution in [3.8, 4) is 0 Å². The van der Waals surface area contributed by atoms with Crippen molar-refractivity contribution >= 4 is 22.5 Å². The Hall–Kier alpha value is -2.83. The highest BCUT2D eigenvalue weighted by Gasteiger charge is 2.41. The van der Waals surface area contributed by atoms with Gasteiger partial charge in [-0.05, 0) is 18.9 Å². The van der Waals surface area contributed by atoms with Crippen LogP contribution in [0.15, 0.2) is 30.9 Å². The van der Waals surface area contributed by atoms with Crippen molar-refractivity contribution in [2.75, 3.05) is 36.0 Å². The molecule has 2 aliphatic rings. The number of rotatable bonds is 3. The highest BCUT2D eigenvalue weighted by atomic mass is 15.3. The molecule has 2 fully saturated rings. The Morgan fingerprint density at radius 3 is 2.50 bits per heavy atom. The van der Waals surface area contributed by atoms with E-state index in [4.69, 9.17) is 4.98 Å². The minimum atomic E-state index is 0.420. The molecular formula is C21H25N7. The standard InChI is InChI=1S/C21H25N7/c1-13(2)18-6-20(24-12-23-18)27-8-15-10-28(11-16(15)9-27)21-17-4-5-22-7-19(17)25-14(3)26-21/h4-7,12-13,15-16H,8-11H2,1-3H3. The van der Waals surface area contributed by atoms with Gasteiger partial charge in [-0.1, -0.05) is 13.8 Å². The lowest BCUT2D eigenvalue weighted by Gasteiger charge is -2.24. The lowest BCUT2D eigenvalue weighted by molar-refractivity contribution is 0.533. The summed E-state index contributed by atoms with van der Waals surface area (Å²) in [4.78, 5) is 27.3. The maximum atomic E-state index is 4.77. The van der Waals surface area contributed by atoms with Crippen molar-refractivity contribution < 1.29 is 0 Å². The molecule has 28 heavy (non-hydrogen) atoms. The van der Waals surface area contributed by atoms with Crippen LogP contribution in [-0.2, 0) is 0 Å². The fraction of sp³-hybridized carbons (Fsp3) is 0.476. The van der Waals surface area contributed by atoms with Gasteiger partial charge in [0.2, 0.25) is 0 Å². The fourth-order valence-electron chi connectivity index (χ4n) is 4.52. The summed E-state index contributed by atoms with van der Waals surface area (Å²) in [6.07, 6.45) is 5.35. The predicted molar refractivity (Wildman–Crippen MR) is 110 cm³/mol. The van der Waals surface area contributed by atoms with Crippen LogP contribution in [0.2, 0.25) is 0 Å². The molecule has 0 bridgehead atoms. The first kappa shape index (κ1) is 17.3. The minimum Gasteiger partial charge on any atom is -0.356 e. The van der Waals surface area contributed by atoms with Gasteiger partial charge in [0.25, 0.3) is 0 Å². The maximum Gasteiger partial charge on any atom is 0.140 e. The van der Waals surface area contributed by atoms with Gasteiger partial charge in [-0.3, -0.25) is 4.98 Å². The van der Waals surface area contributed by atoms with Crippen LogP contribution < -0.4 is 9.80 Å². The monoisotopic (exact) mass is 375 g/mol. The third kappa shape index (κ3) is 2.95. The quantitative estimate of drug-likeness (QED) is 0.697. The van der Waals surface area contributed by atoms with Gasteiger partial charge in [0.1, 0.15) is 23.8 Å². The van der Waals surface area contributed by atoms with Crippen molar-refractivity contribution in [3.63, 3.8) is 0 Å². The van der Waals surface area contributed by atoms with Crippen LogP contribution in [0.1, 0.15) is 31.3 Å². The van der Waals surface area contributed by atoms with E-state index in [1.54, 1.807) is 6.33 Å². The molecule has 7 nitrogen and oxygen atoms in total. The molecule has 0 N–H and O–H groups in total. The molecule has 0 aliphatic carbocycles. The SMILES string of the molecule is Cc1nc(N2CC3CN(c4cc(C(C)C)ncn4)CC3C2)c2ccncc2n1. The highest BCUT2D eigenvalue weighted by Crippen LogP contribution is 2.37. The van der Waals surface area contributed by atoms with Crippen molar-refractivity contribution in [1.82, 2.24) is 24.9 Å². The number of nitrogens with zero attached hydrogens (tertiary/aromatic N) is 7. The van der Waals surface area contributed by atoms with Gasteiger partial charge in [-0.2, -0.15) is 0 Å². The van der Waals surface area contributed by atoms with E-state index in [0.717, 1.165) is 60.2 Å². The zero-order chi connectivity index (χ0) is 19.3. The van der Waals surface area contributed by atoms with E-state index < -0.39 is 0 Å². The molecular weight excluding hydrogens is 350 g/mol. The Balaban J connectivity index is 1.36. The van der Waals surface area contributed by atoms with Crippen LogP contribution in [-0.4, -0.2) is 51.1 Å². The van der Waals surface area contributed by atoms with Crippen LogP contribution in [0, 0.1) is 18.8 Å². The predicted octanol–water partition coefficient (Wildman–Crippen LogP) is 2.82. The fourth-order valence-corrected chi connectivity index (χ4v) is 4.52. The maximum absolute atomic E-state index is 4.77. The Bertz CT molecular complexity index is 1000. The van der Waals surface area contributed by atoms with Gasteiger partial charge in [-0.25, -0.2) is 19.9 Å². The van der Waals surface area contributed by atoms with E-state index in [1.807, 2.05) is 25.4 Å². The lowest BCUT2D eigenvalue weighted by atomic mass is 10.0. The second-order valence-electron chi connectivity index (χ2n) is 8.27. The molecule has 7 heteroatoms. The van der Waals surface area contributed by atoms with Crippen molar-refractivity contribution in [3.05, 3.63) is 42.4 Å². The second-order valence-corrected chi connectivity index (χ2v) is 8.27. The summed E-state index contributed by atoms with van der Waals surface area (Å²) < 4.78 is 0. The first-order chi connectivity index (χ1) is 13.6. The number of aromatic nitrogens is 5. The number of pyridine rings is 1.